The Balaban J connectivity index is 1.33. The van der Waals surface area contributed by atoms with Crippen LogP contribution in [0.3, 0.4) is 0 Å². The Morgan fingerprint density at radius 3 is 2.55 bits per heavy atom. The van der Waals surface area contributed by atoms with Gasteiger partial charge in [-0.2, -0.15) is 5.10 Å². The summed E-state index contributed by atoms with van der Waals surface area (Å²) < 4.78 is 18.6. The van der Waals surface area contributed by atoms with Crippen molar-refractivity contribution in [1.82, 2.24) is 14.9 Å². The summed E-state index contributed by atoms with van der Waals surface area (Å²) in [5, 5.41) is 7.44. The predicted octanol–water partition coefficient (Wildman–Crippen LogP) is 3.47. The molecule has 0 spiro atoms. The molecular weight excluding hydrogens is 370 g/mol. The zero-order valence-corrected chi connectivity index (χ0v) is 16.6. The number of nitrogens with one attached hydrogen (secondary N) is 1. The van der Waals surface area contributed by atoms with Crippen molar-refractivity contribution in [3.63, 3.8) is 0 Å². The maximum atomic E-state index is 12.6. The molecule has 1 aromatic carbocycles. The van der Waals surface area contributed by atoms with E-state index in [2.05, 4.69) is 10.4 Å². The number of ether oxygens (including phenoxy) is 3. The first-order valence-electron chi connectivity index (χ1n) is 9.81. The molecule has 0 saturated heterocycles. The van der Waals surface area contributed by atoms with Gasteiger partial charge < -0.3 is 19.5 Å². The Kier molecular flexibility index (Phi) is 5.55. The third-order valence-corrected chi connectivity index (χ3v) is 5.27. The van der Waals surface area contributed by atoms with Crippen LogP contribution in [0.15, 0.2) is 48.7 Å². The normalized spacial score (nSPS) is 19.0. The van der Waals surface area contributed by atoms with E-state index in [1.165, 1.54) is 0 Å². The molecule has 1 N–H and O–H groups in total. The quantitative estimate of drug-likeness (QED) is 0.692. The molecule has 7 nitrogen and oxygen atoms in total. The molecule has 0 atom stereocenters. The van der Waals surface area contributed by atoms with Crippen molar-refractivity contribution in [3.05, 3.63) is 54.4 Å². The second-order valence-electron chi connectivity index (χ2n) is 7.16. The van der Waals surface area contributed by atoms with Crippen LogP contribution >= 0.6 is 0 Å². The number of aromatic nitrogens is 2. The lowest BCUT2D eigenvalue weighted by Gasteiger charge is -2.29. The summed E-state index contributed by atoms with van der Waals surface area (Å²) in [4.78, 5) is 12.6. The second kappa shape index (κ2) is 8.43. The maximum absolute atomic E-state index is 12.6. The summed E-state index contributed by atoms with van der Waals surface area (Å²) in [6, 6.07) is 13.3. The Labute approximate surface area is 169 Å². The van der Waals surface area contributed by atoms with Crippen LogP contribution in [-0.2, 0) is 0 Å². The highest BCUT2D eigenvalue weighted by Crippen LogP contribution is 2.38. The number of nitrogens with zero attached hydrogens (tertiary/aromatic N) is 2. The van der Waals surface area contributed by atoms with Crippen LogP contribution < -0.4 is 19.5 Å². The molecule has 1 amide bonds. The van der Waals surface area contributed by atoms with Crippen LogP contribution in [0.5, 0.6) is 17.2 Å². The minimum atomic E-state index is -0.132. The van der Waals surface area contributed by atoms with Gasteiger partial charge in [-0.3, -0.25) is 4.79 Å². The average molecular weight is 395 g/mol. The molecule has 152 valence electrons. The monoisotopic (exact) mass is 395 g/mol. The number of para-hydroxylation sites is 1. The van der Waals surface area contributed by atoms with Gasteiger partial charge in [0.1, 0.15) is 0 Å². The van der Waals surface area contributed by atoms with Crippen LogP contribution in [0.2, 0.25) is 0 Å². The number of rotatable bonds is 6. The van der Waals surface area contributed by atoms with Crippen molar-refractivity contribution in [3.8, 4) is 17.2 Å². The number of hydrogen-bond acceptors (Lipinski definition) is 5. The van der Waals surface area contributed by atoms with Gasteiger partial charge in [-0.25, -0.2) is 4.52 Å². The summed E-state index contributed by atoms with van der Waals surface area (Å²) in [6.45, 7) is 0. The molecular formula is C22H25N3O4. The number of hydrogen-bond donors (Lipinski definition) is 1. The summed E-state index contributed by atoms with van der Waals surface area (Å²) in [5.41, 5.74) is 1.35. The summed E-state index contributed by atoms with van der Waals surface area (Å²) >= 11 is 0. The second-order valence-corrected chi connectivity index (χ2v) is 7.16. The topological polar surface area (TPSA) is 74.1 Å². The summed E-state index contributed by atoms with van der Waals surface area (Å²) in [6.07, 6.45) is 5.35. The fourth-order valence-corrected chi connectivity index (χ4v) is 3.76. The minimum absolute atomic E-state index is 0.0827. The highest BCUT2D eigenvalue weighted by Gasteiger charge is 2.26. The van der Waals surface area contributed by atoms with Gasteiger partial charge in [0.2, 0.25) is 5.75 Å². The fraction of sp³-hybridized carbons (Fsp3) is 0.364. The zero-order valence-electron chi connectivity index (χ0n) is 16.6. The summed E-state index contributed by atoms with van der Waals surface area (Å²) in [5.74, 6) is 1.81. The van der Waals surface area contributed by atoms with Crippen molar-refractivity contribution >= 4 is 11.4 Å². The van der Waals surface area contributed by atoms with Gasteiger partial charge in [-0.15, -0.1) is 0 Å². The Hall–Kier alpha value is -3.22. The van der Waals surface area contributed by atoms with Crippen molar-refractivity contribution in [2.75, 3.05) is 14.2 Å². The smallest absolute Gasteiger partial charge is 0.272 e. The standard InChI is InChI=1S/C22H25N3O4/c1-27-19-7-5-8-20(21(19)28-2)29-17-11-9-15(10-12-17)23-22(26)18-14-16-6-3-4-13-25(16)24-18/h3-8,13-15,17H,9-12H2,1-2H3,(H,23,26). The van der Waals surface area contributed by atoms with E-state index in [0.29, 0.717) is 22.9 Å². The van der Waals surface area contributed by atoms with Gasteiger partial charge in [-0.1, -0.05) is 12.1 Å². The molecule has 2 aromatic heterocycles. The molecule has 2 heterocycles. The minimum Gasteiger partial charge on any atom is -0.493 e. The van der Waals surface area contributed by atoms with Gasteiger partial charge in [0.15, 0.2) is 17.2 Å². The van der Waals surface area contributed by atoms with E-state index in [0.717, 1.165) is 31.2 Å². The molecule has 1 aliphatic rings. The van der Waals surface area contributed by atoms with Gasteiger partial charge in [0.25, 0.3) is 5.91 Å². The van der Waals surface area contributed by atoms with Gasteiger partial charge >= 0.3 is 0 Å². The number of methoxy groups -OCH3 is 2. The number of carbonyl (C=O) groups is 1. The lowest BCUT2D eigenvalue weighted by atomic mass is 9.93. The number of carbonyl (C=O) groups excluding carboxylic acids is 1. The first-order chi connectivity index (χ1) is 14.2. The molecule has 3 aromatic rings. The van der Waals surface area contributed by atoms with Crippen molar-refractivity contribution < 1.29 is 19.0 Å². The van der Waals surface area contributed by atoms with E-state index >= 15 is 0 Å². The SMILES string of the molecule is COc1cccc(OC2CCC(NC(=O)c3cc4ccccn4n3)CC2)c1OC. The number of pyridine rings is 1. The van der Waals surface area contributed by atoms with E-state index in [4.69, 9.17) is 14.2 Å². The molecule has 7 heteroatoms. The Morgan fingerprint density at radius 2 is 1.83 bits per heavy atom. The summed E-state index contributed by atoms with van der Waals surface area (Å²) in [7, 11) is 3.22. The van der Waals surface area contributed by atoms with E-state index in [9.17, 15) is 4.79 Å². The molecule has 1 saturated carbocycles. The molecule has 1 fully saturated rings. The van der Waals surface area contributed by atoms with Crippen molar-refractivity contribution in [1.29, 1.82) is 0 Å². The zero-order chi connectivity index (χ0) is 20.2. The maximum Gasteiger partial charge on any atom is 0.272 e. The molecule has 29 heavy (non-hydrogen) atoms. The van der Waals surface area contributed by atoms with Crippen molar-refractivity contribution in [2.24, 2.45) is 0 Å². The molecule has 0 radical (unpaired) electrons. The molecule has 0 unspecified atom stereocenters. The van der Waals surface area contributed by atoms with Gasteiger partial charge in [0.05, 0.1) is 25.8 Å². The average Bonchev–Trinajstić information content (AvgIpc) is 3.19. The highest BCUT2D eigenvalue weighted by atomic mass is 16.5. The first kappa shape index (κ1) is 19.1. The van der Waals surface area contributed by atoms with Crippen LogP contribution in [0.4, 0.5) is 0 Å². The van der Waals surface area contributed by atoms with E-state index in [1.807, 2.05) is 42.6 Å². The van der Waals surface area contributed by atoms with E-state index < -0.39 is 0 Å². The van der Waals surface area contributed by atoms with E-state index in [1.54, 1.807) is 24.8 Å². The number of fused-ring (bicyclic) bond motifs is 1. The fourth-order valence-electron chi connectivity index (χ4n) is 3.76. The van der Waals surface area contributed by atoms with Crippen LogP contribution in [0.25, 0.3) is 5.52 Å². The van der Waals surface area contributed by atoms with Crippen LogP contribution in [0.1, 0.15) is 36.2 Å². The van der Waals surface area contributed by atoms with E-state index in [-0.39, 0.29) is 18.1 Å². The largest absolute Gasteiger partial charge is 0.493 e. The van der Waals surface area contributed by atoms with Gasteiger partial charge in [-0.05, 0) is 56.0 Å². The lowest BCUT2D eigenvalue weighted by Crippen LogP contribution is -2.39. The number of amides is 1. The lowest BCUT2D eigenvalue weighted by molar-refractivity contribution is 0.0886. The van der Waals surface area contributed by atoms with Crippen LogP contribution in [0, 0.1) is 0 Å². The van der Waals surface area contributed by atoms with Gasteiger partial charge in [0, 0.05) is 12.2 Å². The van der Waals surface area contributed by atoms with Crippen molar-refractivity contribution in [2.45, 2.75) is 37.8 Å². The predicted molar refractivity (Wildman–Crippen MR) is 109 cm³/mol. The molecule has 1 aliphatic carbocycles. The Bertz CT molecular complexity index is 960. The Morgan fingerprint density at radius 1 is 1.03 bits per heavy atom. The highest BCUT2D eigenvalue weighted by molar-refractivity contribution is 5.93. The molecule has 4 rings (SSSR count). The first-order valence-corrected chi connectivity index (χ1v) is 9.81. The third kappa shape index (κ3) is 4.13. The molecule has 0 aliphatic heterocycles. The van der Waals surface area contributed by atoms with Crippen LogP contribution in [-0.4, -0.2) is 41.9 Å². The number of benzene rings is 1. The molecule has 0 bridgehead atoms. The third-order valence-electron chi connectivity index (χ3n) is 5.27.